The third kappa shape index (κ3) is 4.78. The Bertz CT molecular complexity index is 470. The summed E-state index contributed by atoms with van der Waals surface area (Å²) in [7, 11) is 0. The van der Waals surface area contributed by atoms with Crippen molar-refractivity contribution < 1.29 is 24.2 Å². The predicted octanol–water partition coefficient (Wildman–Crippen LogP) is 1.50. The summed E-state index contributed by atoms with van der Waals surface area (Å²) in [4.78, 5) is 26.5. The highest BCUT2D eigenvalue weighted by atomic mass is 16.6. The summed E-state index contributed by atoms with van der Waals surface area (Å²) in [5.41, 5.74) is 7.80. The Morgan fingerprint density at radius 2 is 2.09 bits per heavy atom. The van der Waals surface area contributed by atoms with Crippen LogP contribution in [-0.2, 0) is 14.3 Å². The first-order chi connectivity index (χ1) is 10.2. The number of carbonyl (C=O) groups is 2. The van der Waals surface area contributed by atoms with Crippen molar-refractivity contribution in [3.63, 3.8) is 0 Å². The highest BCUT2D eigenvalue weighted by Crippen LogP contribution is 2.30. The number of amides is 1. The number of aliphatic hydroxyl groups is 1. The van der Waals surface area contributed by atoms with Crippen molar-refractivity contribution in [2.75, 3.05) is 6.61 Å². The highest BCUT2D eigenvalue weighted by Gasteiger charge is 2.47. The van der Waals surface area contributed by atoms with Crippen molar-refractivity contribution in [1.29, 1.82) is 0 Å². The molecule has 0 aromatic carbocycles. The molecule has 22 heavy (non-hydrogen) atoms. The molecule has 0 saturated heterocycles. The first-order valence-electron chi connectivity index (χ1n) is 7.08. The van der Waals surface area contributed by atoms with E-state index in [9.17, 15) is 14.7 Å². The number of hydrogen-bond donors (Lipinski definition) is 2. The van der Waals surface area contributed by atoms with Gasteiger partial charge in [0.25, 0.3) is 0 Å². The minimum absolute atomic E-state index is 0.102. The lowest BCUT2D eigenvalue weighted by atomic mass is 10.0. The Balaban J connectivity index is 2.87. The number of ether oxygens (including phenoxy) is 2. The maximum atomic E-state index is 12.0. The molecule has 4 atom stereocenters. The predicted molar refractivity (Wildman–Crippen MR) is 76.8 cm³/mol. The minimum atomic E-state index is -1.18. The SMILES string of the molecule is CCOC(=O)[C@@H]1C[C@@H](N=[N+]=[N-])[C@H](O)[C@@H]1NC(=O)OC(C)(C)C. The van der Waals surface area contributed by atoms with E-state index < -0.39 is 41.8 Å². The van der Waals surface area contributed by atoms with Crippen molar-refractivity contribution in [1.82, 2.24) is 5.32 Å². The van der Waals surface area contributed by atoms with Crippen LogP contribution in [0.3, 0.4) is 0 Å². The summed E-state index contributed by atoms with van der Waals surface area (Å²) >= 11 is 0. The molecule has 9 heteroatoms. The summed E-state index contributed by atoms with van der Waals surface area (Å²) in [5, 5.41) is 16.1. The van der Waals surface area contributed by atoms with Crippen LogP contribution < -0.4 is 5.32 Å². The number of aliphatic hydroxyl groups excluding tert-OH is 1. The van der Waals surface area contributed by atoms with Crippen LogP contribution in [0.2, 0.25) is 0 Å². The third-order valence-corrected chi connectivity index (χ3v) is 3.16. The van der Waals surface area contributed by atoms with Crippen molar-refractivity contribution in [2.24, 2.45) is 11.0 Å². The zero-order chi connectivity index (χ0) is 16.9. The molecule has 0 aromatic rings. The highest BCUT2D eigenvalue weighted by molar-refractivity contribution is 5.76. The first kappa shape index (κ1) is 18.1. The summed E-state index contributed by atoms with van der Waals surface area (Å²) in [6, 6.07) is -1.73. The standard InChI is InChI=1S/C13H22N4O5/c1-5-21-11(19)7-6-8(16-17-14)10(18)9(7)15-12(20)22-13(2,3)4/h7-10,18H,5-6H2,1-4H3,(H,15,20)/t7-,8-,9-,10+/m1/s1. The monoisotopic (exact) mass is 314 g/mol. The number of alkyl carbamates (subject to hydrolysis) is 1. The quantitative estimate of drug-likeness (QED) is 0.351. The van der Waals surface area contributed by atoms with E-state index in [1.807, 2.05) is 0 Å². The molecule has 0 bridgehead atoms. The summed E-state index contributed by atoms with van der Waals surface area (Å²) in [6.45, 7) is 6.93. The number of nitrogens with zero attached hydrogens (tertiary/aromatic N) is 3. The molecule has 1 aliphatic carbocycles. The van der Waals surface area contributed by atoms with Crippen molar-refractivity contribution in [3.05, 3.63) is 10.4 Å². The van der Waals surface area contributed by atoms with Gasteiger partial charge in [0.05, 0.1) is 30.7 Å². The van der Waals surface area contributed by atoms with Gasteiger partial charge in [-0.15, -0.1) is 0 Å². The molecule has 0 aliphatic heterocycles. The molecule has 0 heterocycles. The second kappa shape index (κ2) is 7.33. The number of nitrogens with one attached hydrogen (secondary N) is 1. The van der Waals surface area contributed by atoms with Gasteiger partial charge in [-0.3, -0.25) is 4.79 Å². The van der Waals surface area contributed by atoms with E-state index in [1.165, 1.54) is 0 Å². The molecule has 0 unspecified atom stereocenters. The van der Waals surface area contributed by atoms with Crippen molar-refractivity contribution in [3.8, 4) is 0 Å². The van der Waals surface area contributed by atoms with Gasteiger partial charge < -0.3 is 19.9 Å². The molecular formula is C13H22N4O5. The molecule has 9 nitrogen and oxygen atoms in total. The van der Waals surface area contributed by atoms with Crippen LogP contribution in [0.4, 0.5) is 4.79 Å². The zero-order valence-corrected chi connectivity index (χ0v) is 13.1. The molecule has 1 fully saturated rings. The average molecular weight is 314 g/mol. The Hall–Kier alpha value is -1.99. The smallest absolute Gasteiger partial charge is 0.407 e. The lowest BCUT2D eigenvalue weighted by Gasteiger charge is -2.25. The van der Waals surface area contributed by atoms with Gasteiger partial charge in [0, 0.05) is 4.91 Å². The Kier molecular flexibility index (Phi) is 6.01. The van der Waals surface area contributed by atoms with Crippen LogP contribution >= 0.6 is 0 Å². The molecule has 2 N–H and O–H groups in total. The van der Waals surface area contributed by atoms with Crippen LogP contribution in [0, 0.1) is 5.92 Å². The molecule has 1 amide bonds. The van der Waals surface area contributed by atoms with E-state index in [0.29, 0.717) is 0 Å². The van der Waals surface area contributed by atoms with Gasteiger partial charge >= 0.3 is 12.1 Å². The van der Waals surface area contributed by atoms with Gasteiger partial charge in [0.1, 0.15) is 5.60 Å². The van der Waals surface area contributed by atoms with Crippen LogP contribution in [-0.4, -0.2) is 47.6 Å². The van der Waals surface area contributed by atoms with Gasteiger partial charge in [-0.05, 0) is 39.6 Å². The Morgan fingerprint density at radius 1 is 1.45 bits per heavy atom. The maximum absolute atomic E-state index is 12.0. The van der Waals surface area contributed by atoms with Crippen molar-refractivity contribution in [2.45, 2.75) is 57.9 Å². The van der Waals surface area contributed by atoms with Gasteiger partial charge in [-0.1, -0.05) is 5.11 Å². The molecule has 0 aromatic heterocycles. The summed E-state index contributed by atoms with van der Waals surface area (Å²) < 4.78 is 10.1. The van der Waals surface area contributed by atoms with E-state index in [1.54, 1.807) is 27.7 Å². The number of esters is 1. The van der Waals surface area contributed by atoms with E-state index in [-0.39, 0.29) is 13.0 Å². The fourth-order valence-corrected chi connectivity index (χ4v) is 2.33. The Labute approximate surface area is 128 Å². The zero-order valence-electron chi connectivity index (χ0n) is 13.1. The Morgan fingerprint density at radius 3 is 2.59 bits per heavy atom. The van der Waals surface area contributed by atoms with Crippen molar-refractivity contribution >= 4 is 12.1 Å². The maximum Gasteiger partial charge on any atom is 0.407 e. The first-order valence-corrected chi connectivity index (χ1v) is 7.08. The normalized spacial score (nSPS) is 27.7. The lowest BCUT2D eigenvalue weighted by molar-refractivity contribution is -0.148. The van der Waals surface area contributed by atoms with Gasteiger partial charge in [-0.2, -0.15) is 0 Å². The van der Waals surface area contributed by atoms with E-state index >= 15 is 0 Å². The molecule has 0 radical (unpaired) electrons. The topological polar surface area (TPSA) is 134 Å². The molecule has 0 spiro atoms. The summed E-state index contributed by atoms with van der Waals surface area (Å²) in [5.74, 6) is -1.35. The molecular weight excluding hydrogens is 292 g/mol. The lowest BCUT2D eigenvalue weighted by Crippen LogP contribution is -2.49. The summed E-state index contributed by atoms with van der Waals surface area (Å²) in [6.07, 6.45) is -1.84. The molecule has 1 rings (SSSR count). The van der Waals surface area contributed by atoms with E-state index in [0.717, 1.165) is 0 Å². The van der Waals surface area contributed by atoms with Gasteiger partial charge in [0.15, 0.2) is 0 Å². The fourth-order valence-electron chi connectivity index (χ4n) is 2.33. The van der Waals surface area contributed by atoms with Crippen LogP contribution in [0.5, 0.6) is 0 Å². The number of carbonyl (C=O) groups excluding carboxylic acids is 2. The van der Waals surface area contributed by atoms with E-state index in [4.69, 9.17) is 15.0 Å². The van der Waals surface area contributed by atoms with Crippen LogP contribution in [0.15, 0.2) is 5.11 Å². The average Bonchev–Trinajstić information content (AvgIpc) is 2.66. The minimum Gasteiger partial charge on any atom is -0.466 e. The molecule has 1 aliphatic rings. The largest absolute Gasteiger partial charge is 0.466 e. The number of hydrogen-bond acceptors (Lipinski definition) is 6. The molecule has 1 saturated carbocycles. The molecule has 124 valence electrons. The fraction of sp³-hybridized carbons (Fsp3) is 0.846. The van der Waals surface area contributed by atoms with Crippen LogP contribution in [0.25, 0.3) is 10.4 Å². The number of azide groups is 1. The second-order valence-corrected chi connectivity index (χ2v) is 6.03. The van der Waals surface area contributed by atoms with Gasteiger partial charge in [0.2, 0.25) is 0 Å². The van der Waals surface area contributed by atoms with Gasteiger partial charge in [-0.25, -0.2) is 4.79 Å². The number of rotatable bonds is 4. The van der Waals surface area contributed by atoms with Crippen LogP contribution in [0.1, 0.15) is 34.1 Å². The second-order valence-electron chi connectivity index (χ2n) is 6.03. The third-order valence-electron chi connectivity index (χ3n) is 3.16. The van der Waals surface area contributed by atoms with E-state index in [2.05, 4.69) is 15.3 Å².